The first-order chi connectivity index (χ1) is 8.22. The summed E-state index contributed by atoms with van der Waals surface area (Å²) in [6.07, 6.45) is 2.63. The van der Waals surface area contributed by atoms with Gasteiger partial charge in [0.1, 0.15) is 0 Å². The number of hydrogen-bond donors (Lipinski definition) is 1. The van der Waals surface area contributed by atoms with Crippen LogP contribution in [0, 0.1) is 0 Å². The van der Waals surface area contributed by atoms with Gasteiger partial charge in [-0.3, -0.25) is 4.90 Å². The van der Waals surface area contributed by atoms with Crippen molar-refractivity contribution in [2.75, 3.05) is 73.5 Å². The van der Waals surface area contributed by atoms with Gasteiger partial charge < -0.3 is 15.1 Å². The van der Waals surface area contributed by atoms with E-state index in [9.17, 15) is 0 Å². The molecule has 0 saturated carbocycles. The Labute approximate surface area is 107 Å². The number of nitrogens with zero attached hydrogens (tertiary/aromatic N) is 3. The van der Waals surface area contributed by atoms with Crippen LogP contribution in [0.4, 0.5) is 0 Å². The maximum atomic E-state index is 3.21. The summed E-state index contributed by atoms with van der Waals surface area (Å²) >= 11 is 0. The van der Waals surface area contributed by atoms with E-state index >= 15 is 0 Å². The first-order valence-corrected chi connectivity index (χ1v) is 6.96. The molecular weight excluding hydrogens is 212 g/mol. The number of unbranched alkanes of at least 4 members (excludes halogenated alkanes) is 1. The molecule has 102 valence electrons. The molecular formula is C13H30N4. The Balaban J connectivity index is 2.01. The van der Waals surface area contributed by atoms with E-state index in [1.165, 1.54) is 58.7 Å². The van der Waals surface area contributed by atoms with Crippen molar-refractivity contribution in [3.8, 4) is 0 Å². The number of piperazine rings is 1. The Hall–Kier alpha value is -0.160. The summed E-state index contributed by atoms with van der Waals surface area (Å²) in [7, 11) is 6.33. The normalized spacial score (nSPS) is 19.1. The summed E-state index contributed by atoms with van der Waals surface area (Å²) in [5, 5.41) is 3.21. The van der Waals surface area contributed by atoms with Crippen LogP contribution >= 0.6 is 0 Å². The Bertz CT molecular complexity index is 176. The minimum absolute atomic E-state index is 1.16. The molecule has 0 aromatic rings. The van der Waals surface area contributed by atoms with Crippen LogP contribution in [-0.2, 0) is 0 Å². The second-order valence-corrected chi connectivity index (χ2v) is 5.30. The molecule has 1 heterocycles. The molecule has 1 fully saturated rings. The van der Waals surface area contributed by atoms with Gasteiger partial charge in [0.15, 0.2) is 0 Å². The van der Waals surface area contributed by atoms with E-state index in [0.29, 0.717) is 0 Å². The van der Waals surface area contributed by atoms with Gasteiger partial charge in [-0.05, 0) is 47.1 Å². The molecule has 4 heteroatoms. The molecule has 1 rings (SSSR count). The van der Waals surface area contributed by atoms with Crippen LogP contribution in [0.25, 0.3) is 0 Å². The van der Waals surface area contributed by atoms with E-state index in [-0.39, 0.29) is 0 Å². The Morgan fingerprint density at radius 2 is 1.53 bits per heavy atom. The quantitative estimate of drug-likeness (QED) is 0.612. The average molecular weight is 242 g/mol. The lowest BCUT2D eigenvalue weighted by atomic mass is 10.2. The van der Waals surface area contributed by atoms with Crippen molar-refractivity contribution in [2.24, 2.45) is 0 Å². The Morgan fingerprint density at radius 3 is 2.06 bits per heavy atom. The molecule has 1 N–H and O–H groups in total. The van der Waals surface area contributed by atoms with Gasteiger partial charge >= 0.3 is 0 Å². The van der Waals surface area contributed by atoms with E-state index in [2.05, 4.69) is 34.1 Å². The summed E-state index contributed by atoms with van der Waals surface area (Å²) in [6.45, 7) is 9.86. The molecule has 1 aliphatic rings. The monoisotopic (exact) mass is 242 g/mol. The predicted molar refractivity (Wildman–Crippen MR) is 74.6 cm³/mol. The van der Waals surface area contributed by atoms with Gasteiger partial charge in [0.2, 0.25) is 0 Å². The highest BCUT2D eigenvalue weighted by molar-refractivity contribution is 4.72. The second-order valence-electron chi connectivity index (χ2n) is 5.30. The van der Waals surface area contributed by atoms with Gasteiger partial charge in [0, 0.05) is 39.3 Å². The molecule has 0 unspecified atom stereocenters. The predicted octanol–water partition coefficient (Wildman–Crippen LogP) is 0.165. The molecule has 0 aromatic carbocycles. The van der Waals surface area contributed by atoms with Gasteiger partial charge in [0.05, 0.1) is 0 Å². The van der Waals surface area contributed by atoms with Gasteiger partial charge in [-0.15, -0.1) is 0 Å². The summed E-state index contributed by atoms with van der Waals surface area (Å²) in [5.41, 5.74) is 0. The number of nitrogens with one attached hydrogen (secondary N) is 1. The molecule has 0 radical (unpaired) electrons. The highest BCUT2D eigenvalue weighted by Crippen LogP contribution is 2.03. The van der Waals surface area contributed by atoms with E-state index in [1.54, 1.807) is 0 Å². The zero-order valence-corrected chi connectivity index (χ0v) is 11.9. The van der Waals surface area contributed by atoms with Gasteiger partial charge in [0.25, 0.3) is 0 Å². The molecule has 0 aliphatic carbocycles. The standard InChI is InChI=1S/C13H30N4/c1-14-6-4-5-7-16-10-12-17(13-11-16)9-8-15(2)3/h14H,4-13H2,1-3H3. The van der Waals surface area contributed by atoms with Gasteiger partial charge in [-0.1, -0.05) is 0 Å². The molecule has 1 saturated heterocycles. The highest BCUT2D eigenvalue weighted by atomic mass is 15.3. The van der Waals surface area contributed by atoms with Crippen molar-refractivity contribution in [2.45, 2.75) is 12.8 Å². The van der Waals surface area contributed by atoms with Crippen molar-refractivity contribution in [3.05, 3.63) is 0 Å². The fraction of sp³-hybridized carbons (Fsp3) is 1.00. The van der Waals surface area contributed by atoms with E-state index in [4.69, 9.17) is 0 Å². The number of likely N-dealkylation sites (N-methyl/N-ethyl adjacent to an activating group) is 1. The van der Waals surface area contributed by atoms with Crippen LogP contribution in [0.2, 0.25) is 0 Å². The highest BCUT2D eigenvalue weighted by Gasteiger charge is 2.15. The molecule has 0 aromatic heterocycles. The Kier molecular flexibility index (Phi) is 7.77. The average Bonchev–Trinajstić information content (AvgIpc) is 2.33. The molecule has 0 bridgehead atoms. The largest absolute Gasteiger partial charge is 0.320 e. The lowest BCUT2D eigenvalue weighted by Gasteiger charge is -2.35. The van der Waals surface area contributed by atoms with Crippen molar-refractivity contribution in [1.29, 1.82) is 0 Å². The zero-order valence-electron chi connectivity index (χ0n) is 11.9. The van der Waals surface area contributed by atoms with Crippen LogP contribution in [0.3, 0.4) is 0 Å². The smallest absolute Gasteiger partial charge is 0.0110 e. The summed E-state index contributed by atoms with van der Waals surface area (Å²) < 4.78 is 0. The van der Waals surface area contributed by atoms with Crippen molar-refractivity contribution >= 4 is 0 Å². The minimum Gasteiger partial charge on any atom is -0.320 e. The van der Waals surface area contributed by atoms with Gasteiger partial charge in [-0.2, -0.15) is 0 Å². The van der Waals surface area contributed by atoms with Crippen LogP contribution in [0.15, 0.2) is 0 Å². The molecule has 0 spiro atoms. The SMILES string of the molecule is CNCCCCN1CCN(CCN(C)C)CC1. The van der Waals surface area contributed by atoms with Crippen molar-refractivity contribution < 1.29 is 0 Å². The first kappa shape index (κ1) is 14.9. The van der Waals surface area contributed by atoms with Crippen molar-refractivity contribution in [3.63, 3.8) is 0 Å². The van der Waals surface area contributed by atoms with Gasteiger partial charge in [-0.25, -0.2) is 0 Å². The minimum atomic E-state index is 1.16. The van der Waals surface area contributed by atoms with E-state index < -0.39 is 0 Å². The third kappa shape index (κ3) is 6.99. The molecule has 4 nitrogen and oxygen atoms in total. The number of rotatable bonds is 8. The maximum Gasteiger partial charge on any atom is 0.0110 e. The first-order valence-electron chi connectivity index (χ1n) is 6.96. The Morgan fingerprint density at radius 1 is 0.941 bits per heavy atom. The van der Waals surface area contributed by atoms with Crippen LogP contribution < -0.4 is 5.32 Å². The topological polar surface area (TPSA) is 21.8 Å². The zero-order chi connectivity index (χ0) is 12.5. The fourth-order valence-corrected chi connectivity index (χ4v) is 2.22. The maximum absolute atomic E-state index is 3.21. The van der Waals surface area contributed by atoms with E-state index in [0.717, 1.165) is 6.54 Å². The van der Waals surface area contributed by atoms with Crippen molar-refractivity contribution in [1.82, 2.24) is 20.0 Å². The summed E-state index contributed by atoms with van der Waals surface area (Å²) in [6, 6.07) is 0. The lowest BCUT2D eigenvalue weighted by molar-refractivity contribution is 0.124. The third-order valence-electron chi connectivity index (χ3n) is 3.48. The van der Waals surface area contributed by atoms with E-state index in [1.807, 2.05) is 7.05 Å². The summed E-state index contributed by atoms with van der Waals surface area (Å²) in [4.78, 5) is 7.47. The summed E-state index contributed by atoms with van der Waals surface area (Å²) in [5.74, 6) is 0. The molecule has 17 heavy (non-hydrogen) atoms. The molecule has 0 amide bonds. The second kappa shape index (κ2) is 8.86. The van der Waals surface area contributed by atoms with Crippen LogP contribution in [0.5, 0.6) is 0 Å². The van der Waals surface area contributed by atoms with Crippen LogP contribution in [-0.4, -0.2) is 88.2 Å². The third-order valence-corrected chi connectivity index (χ3v) is 3.48. The van der Waals surface area contributed by atoms with Crippen LogP contribution in [0.1, 0.15) is 12.8 Å². The molecule has 1 aliphatic heterocycles. The lowest BCUT2D eigenvalue weighted by Crippen LogP contribution is -2.48. The number of hydrogen-bond acceptors (Lipinski definition) is 4. The fourth-order valence-electron chi connectivity index (χ4n) is 2.22. The molecule has 0 atom stereocenters.